The molecule has 0 N–H and O–H groups in total. The molecule has 1 saturated heterocycles. The predicted molar refractivity (Wildman–Crippen MR) is 79.5 cm³/mol. The third-order valence-electron chi connectivity index (χ3n) is 4.15. The Bertz CT molecular complexity index is 537. The van der Waals surface area contributed by atoms with Crippen LogP contribution in [0.3, 0.4) is 0 Å². The lowest BCUT2D eigenvalue weighted by atomic mass is 9.79. The van der Waals surface area contributed by atoms with Crippen molar-refractivity contribution in [2.75, 3.05) is 0 Å². The zero-order valence-electron chi connectivity index (χ0n) is 11.0. The van der Waals surface area contributed by atoms with E-state index in [-0.39, 0.29) is 17.7 Å². The van der Waals surface area contributed by atoms with Crippen molar-refractivity contribution in [1.29, 1.82) is 0 Å². The fourth-order valence-electron chi connectivity index (χ4n) is 3.13. The van der Waals surface area contributed by atoms with Crippen LogP contribution in [0.4, 0.5) is 0 Å². The minimum Gasteiger partial charge on any atom is -0.302 e. The van der Waals surface area contributed by atoms with Gasteiger partial charge in [0.1, 0.15) is 0 Å². The monoisotopic (exact) mass is 271 g/mol. The van der Waals surface area contributed by atoms with Gasteiger partial charge >= 0.3 is 0 Å². The standard InChI is InChI=1S/C16H17NOS/c1-11-6-5-9-13-14(11)16(19)17(15(13)18)10-12-7-3-2-4-8-12/h2-8,11,13-14H,9-10H2,1H3/t11-,13+,14-/m1/s1. The zero-order valence-corrected chi connectivity index (χ0v) is 11.8. The van der Waals surface area contributed by atoms with Crippen LogP contribution in [0, 0.1) is 17.8 Å². The van der Waals surface area contributed by atoms with E-state index < -0.39 is 0 Å². The van der Waals surface area contributed by atoms with Crippen LogP contribution in [0.2, 0.25) is 0 Å². The molecule has 1 aromatic rings. The van der Waals surface area contributed by atoms with Crippen LogP contribution in [0.15, 0.2) is 42.5 Å². The summed E-state index contributed by atoms with van der Waals surface area (Å²) in [5.74, 6) is 0.860. The minimum atomic E-state index is 0.0659. The van der Waals surface area contributed by atoms with Crippen LogP contribution in [0.25, 0.3) is 0 Å². The Morgan fingerprint density at radius 1 is 1.32 bits per heavy atom. The first-order valence-electron chi connectivity index (χ1n) is 6.74. The fourth-order valence-corrected chi connectivity index (χ4v) is 3.67. The second kappa shape index (κ2) is 4.89. The lowest BCUT2D eigenvalue weighted by Crippen LogP contribution is -2.29. The Morgan fingerprint density at radius 3 is 2.74 bits per heavy atom. The van der Waals surface area contributed by atoms with Crippen molar-refractivity contribution in [3.05, 3.63) is 48.0 Å². The molecule has 0 unspecified atom stereocenters. The quantitative estimate of drug-likeness (QED) is 0.608. The number of hydrogen-bond acceptors (Lipinski definition) is 2. The summed E-state index contributed by atoms with van der Waals surface area (Å²) in [4.78, 5) is 15.1. The van der Waals surface area contributed by atoms with E-state index in [0.717, 1.165) is 17.0 Å². The maximum atomic E-state index is 12.5. The summed E-state index contributed by atoms with van der Waals surface area (Å²) in [5, 5.41) is 0. The molecular weight excluding hydrogens is 254 g/mol. The molecule has 19 heavy (non-hydrogen) atoms. The maximum Gasteiger partial charge on any atom is 0.231 e. The van der Waals surface area contributed by atoms with Gasteiger partial charge < -0.3 is 4.90 Å². The molecule has 1 aliphatic heterocycles. The number of rotatable bonds is 2. The van der Waals surface area contributed by atoms with Gasteiger partial charge in [-0.1, -0.05) is 61.6 Å². The maximum absolute atomic E-state index is 12.5. The largest absolute Gasteiger partial charge is 0.302 e. The molecule has 0 aromatic heterocycles. The highest BCUT2D eigenvalue weighted by Gasteiger charge is 2.46. The van der Waals surface area contributed by atoms with Gasteiger partial charge in [0.15, 0.2) is 0 Å². The van der Waals surface area contributed by atoms with Crippen LogP contribution >= 0.6 is 12.2 Å². The Morgan fingerprint density at radius 2 is 2.05 bits per heavy atom. The normalized spacial score (nSPS) is 29.7. The molecule has 1 heterocycles. The van der Waals surface area contributed by atoms with Crippen LogP contribution < -0.4 is 0 Å². The molecule has 0 spiro atoms. The second-order valence-corrected chi connectivity index (χ2v) is 5.82. The van der Waals surface area contributed by atoms with Gasteiger partial charge in [-0.25, -0.2) is 0 Å². The van der Waals surface area contributed by atoms with E-state index in [1.165, 1.54) is 0 Å². The molecule has 0 saturated carbocycles. The fraction of sp³-hybridized carbons (Fsp3) is 0.375. The number of allylic oxidation sites excluding steroid dienone is 2. The Balaban J connectivity index is 1.85. The van der Waals surface area contributed by atoms with Crippen molar-refractivity contribution in [2.24, 2.45) is 17.8 Å². The first kappa shape index (κ1) is 12.5. The van der Waals surface area contributed by atoms with E-state index in [4.69, 9.17) is 12.2 Å². The molecule has 3 heteroatoms. The van der Waals surface area contributed by atoms with Crippen molar-refractivity contribution < 1.29 is 4.79 Å². The number of fused-ring (bicyclic) bond motifs is 1. The third kappa shape index (κ3) is 2.12. The molecule has 3 atom stereocenters. The molecule has 2 aliphatic rings. The Labute approximate surface area is 119 Å². The van der Waals surface area contributed by atoms with Crippen molar-refractivity contribution in [3.8, 4) is 0 Å². The van der Waals surface area contributed by atoms with E-state index in [0.29, 0.717) is 12.5 Å². The van der Waals surface area contributed by atoms with Crippen molar-refractivity contribution in [3.63, 3.8) is 0 Å². The molecule has 1 amide bonds. The number of carbonyl (C=O) groups excluding carboxylic acids is 1. The van der Waals surface area contributed by atoms with Crippen molar-refractivity contribution >= 4 is 23.1 Å². The summed E-state index contributed by atoms with van der Waals surface area (Å²) < 4.78 is 0. The lowest BCUT2D eigenvalue weighted by molar-refractivity contribution is -0.130. The van der Waals surface area contributed by atoms with Gasteiger partial charge in [0.2, 0.25) is 5.91 Å². The highest BCUT2D eigenvalue weighted by Crippen LogP contribution is 2.39. The molecule has 2 nitrogen and oxygen atoms in total. The number of amides is 1. The molecule has 1 aromatic carbocycles. The number of nitrogens with zero attached hydrogens (tertiary/aromatic N) is 1. The Hall–Kier alpha value is -1.48. The minimum absolute atomic E-state index is 0.0659. The van der Waals surface area contributed by atoms with Crippen LogP contribution in [0.5, 0.6) is 0 Å². The highest BCUT2D eigenvalue weighted by molar-refractivity contribution is 7.80. The lowest BCUT2D eigenvalue weighted by Gasteiger charge is -2.24. The number of benzene rings is 1. The third-order valence-corrected chi connectivity index (χ3v) is 4.64. The van der Waals surface area contributed by atoms with E-state index >= 15 is 0 Å². The van der Waals surface area contributed by atoms with Crippen LogP contribution in [-0.4, -0.2) is 15.8 Å². The highest BCUT2D eigenvalue weighted by atomic mass is 32.1. The SMILES string of the molecule is C[C@@H]1C=CC[C@@H]2C(=O)N(Cc3ccccc3)C(=S)[C@H]12. The number of likely N-dealkylation sites (tertiary alicyclic amines) is 1. The van der Waals surface area contributed by atoms with E-state index in [1.54, 1.807) is 0 Å². The molecule has 3 rings (SSSR count). The first-order valence-corrected chi connectivity index (χ1v) is 7.15. The van der Waals surface area contributed by atoms with Gasteiger partial charge in [0.05, 0.1) is 17.5 Å². The summed E-state index contributed by atoms with van der Waals surface area (Å²) in [6.45, 7) is 2.76. The average molecular weight is 271 g/mol. The smallest absolute Gasteiger partial charge is 0.231 e. The molecular formula is C16H17NOS. The van der Waals surface area contributed by atoms with Gasteiger partial charge in [0.25, 0.3) is 0 Å². The van der Waals surface area contributed by atoms with Gasteiger partial charge in [-0.05, 0) is 17.9 Å². The van der Waals surface area contributed by atoms with Gasteiger partial charge in [-0.3, -0.25) is 4.79 Å². The zero-order chi connectivity index (χ0) is 13.4. The number of thiocarbonyl (C=S) groups is 1. The van der Waals surface area contributed by atoms with Crippen molar-refractivity contribution in [1.82, 2.24) is 4.90 Å². The molecule has 1 fully saturated rings. The van der Waals surface area contributed by atoms with E-state index in [2.05, 4.69) is 19.1 Å². The summed E-state index contributed by atoms with van der Waals surface area (Å²) in [5.41, 5.74) is 1.14. The second-order valence-electron chi connectivity index (χ2n) is 5.40. The summed E-state index contributed by atoms with van der Waals surface area (Å²) in [7, 11) is 0. The molecule has 1 aliphatic carbocycles. The molecule has 0 bridgehead atoms. The number of hydrogen-bond donors (Lipinski definition) is 0. The average Bonchev–Trinajstić information content (AvgIpc) is 2.66. The van der Waals surface area contributed by atoms with Gasteiger partial charge in [-0.15, -0.1) is 0 Å². The van der Waals surface area contributed by atoms with Crippen molar-refractivity contribution in [2.45, 2.75) is 19.9 Å². The summed E-state index contributed by atoms with van der Waals surface area (Å²) in [6, 6.07) is 10.1. The first-order chi connectivity index (χ1) is 9.18. The summed E-state index contributed by atoms with van der Waals surface area (Å²) in [6.07, 6.45) is 5.14. The topological polar surface area (TPSA) is 20.3 Å². The summed E-state index contributed by atoms with van der Waals surface area (Å²) >= 11 is 5.56. The van der Waals surface area contributed by atoms with Crippen LogP contribution in [-0.2, 0) is 11.3 Å². The van der Waals surface area contributed by atoms with E-state index in [9.17, 15) is 4.79 Å². The molecule has 0 radical (unpaired) electrons. The van der Waals surface area contributed by atoms with Crippen LogP contribution in [0.1, 0.15) is 18.9 Å². The predicted octanol–water partition coefficient (Wildman–Crippen LogP) is 3.18. The Kier molecular flexibility index (Phi) is 3.23. The molecule has 98 valence electrons. The van der Waals surface area contributed by atoms with E-state index in [1.807, 2.05) is 35.2 Å². The van der Waals surface area contributed by atoms with Gasteiger partial charge in [-0.2, -0.15) is 0 Å². The van der Waals surface area contributed by atoms with Gasteiger partial charge in [0, 0.05) is 5.92 Å². The number of carbonyl (C=O) groups is 1.